The second-order valence-electron chi connectivity index (χ2n) is 11.5. The van der Waals surface area contributed by atoms with Gasteiger partial charge >= 0.3 is 0 Å². The number of pyridine rings is 1. The lowest BCUT2D eigenvalue weighted by Crippen LogP contribution is -2.65. The van der Waals surface area contributed by atoms with Crippen molar-refractivity contribution in [3.05, 3.63) is 76.9 Å². The number of hydrogen-bond donors (Lipinski definition) is 2. The third-order valence-corrected chi connectivity index (χ3v) is 8.77. The molecule has 3 aromatic heterocycles. The molecule has 4 heterocycles. The SMILES string of the molecule is C=CCn1c(=O)c2cnc(Nc3ccc(N4CC5(CC(N)C5)C4)cc3)nc2n1-c1ccc2c(n1)C(CC)CC2. The monoisotopic (exact) mass is 522 g/mol. The van der Waals surface area contributed by atoms with Gasteiger partial charge in [-0.2, -0.15) is 4.98 Å². The lowest BCUT2D eigenvalue weighted by molar-refractivity contribution is 0.0665. The summed E-state index contributed by atoms with van der Waals surface area (Å²) in [6.07, 6.45) is 8.82. The van der Waals surface area contributed by atoms with Crippen molar-refractivity contribution in [2.45, 2.75) is 57.5 Å². The zero-order valence-corrected chi connectivity index (χ0v) is 22.3. The lowest BCUT2D eigenvalue weighted by atomic mass is 9.61. The van der Waals surface area contributed by atoms with E-state index in [9.17, 15) is 4.79 Å². The van der Waals surface area contributed by atoms with Gasteiger partial charge in [0.25, 0.3) is 5.56 Å². The van der Waals surface area contributed by atoms with Crippen molar-refractivity contribution in [3.63, 3.8) is 0 Å². The first-order valence-corrected chi connectivity index (χ1v) is 13.9. The van der Waals surface area contributed by atoms with Crippen molar-refractivity contribution in [1.29, 1.82) is 0 Å². The first kappa shape index (κ1) is 24.1. The second-order valence-corrected chi connectivity index (χ2v) is 11.5. The van der Waals surface area contributed by atoms with Gasteiger partial charge in [-0.15, -0.1) is 6.58 Å². The highest BCUT2D eigenvalue weighted by atomic mass is 16.1. The molecule has 1 saturated heterocycles. The van der Waals surface area contributed by atoms with Crippen LogP contribution in [0.1, 0.15) is 49.8 Å². The average Bonchev–Trinajstić information content (AvgIpc) is 3.44. The molecule has 1 spiro atoms. The van der Waals surface area contributed by atoms with Crippen LogP contribution in [0.4, 0.5) is 17.3 Å². The first-order valence-electron chi connectivity index (χ1n) is 13.9. The first-order chi connectivity index (χ1) is 19.0. The Balaban J connectivity index is 1.19. The van der Waals surface area contributed by atoms with Gasteiger partial charge in [0.05, 0.1) is 6.54 Å². The summed E-state index contributed by atoms with van der Waals surface area (Å²) in [5, 5.41) is 3.77. The van der Waals surface area contributed by atoms with E-state index in [2.05, 4.69) is 46.9 Å². The molecule has 4 aromatic rings. The van der Waals surface area contributed by atoms with Crippen LogP contribution in [-0.2, 0) is 13.0 Å². The summed E-state index contributed by atoms with van der Waals surface area (Å²) in [5.41, 5.74) is 11.4. The molecule has 39 heavy (non-hydrogen) atoms. The van der Waals surface area contributed by atoms with Crippen LogP contribution >= 0.6 is 0 Å². The fourth-order valence-corrected chi connectivity index (χ4v) is 6.79. The van der Waals surface area contributed by atoms with E-state index >= 15 is 0 Å². The summed E-state index contributed by atoms with van der Waals surface area (Å²) >= 11 is 0. The van der Waals surface area contributed by atoms with Gasteiger partial charge in [0.2, 0.25) is 5.95 Å². The molecule has 9 nitrogen and oxygen atoms in total. The maximum Gasteiger partial charge on any atom is 0.278 e. The summed E-state index contributed by atoms with van der Waals surface area (Å²) in [5.74, 6) is 1.57. The van der Waals surface area contributed by atoms with Crippen LogP contribution in [0, 0.1) is 5.41 Å². The van der Waals surface area contributed by atoms with Gasteiger partial charge in [0.1, 0.15) is 5.39 Å². The number of allylic oxidation sites excluding steroid dienone is 1. The smallest absolute Gasteiger partial charge is 0.278 e. The molecule has 1 saturated carbocycles. The third-order valence-electron chi connectivity index (χ3n) is 8.77. The van der Waals surface area contributed by atoms with E-state index in [0.717, 1.165) is 56.6 Å². The summed E-state index contributed by atoms with van der Waals surface area (Å²) < 4.78 is 3.44. The minimum atomic E-state index is -0.158. The molecule has 3 aliphatic rings. The number of nitrogens with two attached hydrogens (primary N) is 1. The van der Waals surface area contributed by atoms with E-state index in [1.165, 1.54) is 11.3 Å². The molecule has 9 heteroatoms. The summed E-state index contributed by atoms with van der Waals surface area (Å²) in [4.78, 5) is 30.0. The number of aromatic nitrogens is 5. The number of anilines is 3. The van der Waals surface area contributed by atoms with E-state index in [1.54, 1.807) is 17.0 Å². The van der Waals surface area contributed by atoms with Gasteiger partial charge in [-0.25, -0.2) is 19.3 Å². The molecule has 1 aromatic carbocycles. The highest BCUT2D eigenvalue weighted by molar-refractivity contribution is 5.77. The number of hydrogen-bond acceptors (Lipinski definition) is 7. The van der Waals surface area contributed by atoms with Crippen LogP contribution in [0.25, 0.3) is 16.9 Å². The Morgan fingerprint density at radius 1 is 1.15 bits per heavy atom. The number of fused-ring (bicyclic) bond motifs is 2. The average molecular weight is 523 g/mol. The predicted octanol–water partition coefficient (Wildman–Crippen LogP) is 4.27. The molecule has 2 fully saturated rings. The maximum atomic E-state index is 13.3. The van der Waals surface area contributed by atoms with Crippen molar-refractivity contribution < 1.29 is 0 Å². The van der Waals surface area contributed by atoms with Gasteiger partial charge < -0.3 is 16.0 Å². The fraction of sp³-hybridized carbons (Fsp3) is 0.400. The lowest BCUT2D eigenvalue weighted by Gasteiger charge is -2.59. The van der Waals surface area contributed by atoms with Crippen molar-refractivity contribution in [2.24, 2.45) is 11.1 Å². The van der Waals surface area contributed by atoms with Crippen molar-refractivity contribution in [1.82, 2.24) is 24.3 Å². The van der Waals surface area contributed by atoms with Crippen LogP contribution < -0.4 is 21.5 Å². The molecule has 7 rings (SSSR count). The molecule has 1 unspecified atom stereocenters. The molecule has 0 radical (unpaired) electrons. The number of aryl methyl sites for hydroxylation is 1. The third kappa shape index (κ3) is 3.95. The van der Waals surface area contributed by atoms with Crippen LogP contribution in [0.5, 0.6) is 0 Å². The molecule has 200 valence electrons. The summed E-state index contributed by atoms with van der Waals surface area (Å²) in [7, 11) is 0. The minimum Gasteiger partial charge on any atom is -0.370 e. The van der Waals surface area contributed by atoms with E-state index in [1.807, 2.05) is 22.9 Å². The molecule has 1 aliphatic heterocycles. The number of rotatable bonds is 7. The number of nitrogens with zero attached hydrogens (tertiary/aromatic N) is 6. The largest absolute Gasteiger partial charge is 0.370 e. The second kappa shape index (κ2) is 9.05. The molecule has 0 amide bonds. The molecule has 2 aliphatic carbocycles. The number of nitrogens with one attached hydrogen (secondary N) is 1. The Kier molecular flexibility index (Phi) is 5.59. The van der Waals surface area contributed by atoms with Crippen LogP contribution in [0.3, 0.4) is 0 Å². The molecular formula is C30H34N8O. The van der Waals surface area contributed by atoms with E-state index in [0.29, 0.717) is 46.7 Å². The highest BCUT2D eigenvalue weighted by Crippen LogP contribution is 2.48. The van der Waals surface area contributed by atoms with E-state index < -0.39 is 0 Å². The fourth-order valence-electron chi connectivity index (χ4n) is 6.79. The van der Waals surface area contributed by atoms with Crippen molar-refractivity contribution in [3.8, 4) is 5.82 Å². The Labute approximate surface area is 227 Å². The van der Waals surface area contributed by atoms with Gasteiger partial charge in [-0.3, -0.25) is 4.79 Å². The zero-order valence-electron chi connectivity index (χ0n) is 22.3. The van der Waals surface area contributed by atoms with Gasteiger partial charge in [-0.05, 0) is 68.0 Å². The molecule has 1 atom stereocenters. The highest BCUT2D eigenvalue weighted by Gasteiger charge is 2.51. The number of benzene rings is 1. The van der Waals surface area contributed by atoms with Gasteiger partial charge in [0.15, 0.2) is 11.5 Å². The van der Waals surface area contributed by atoms with Crippen LogP contribution in [-0.4, -0.2) is 43.4 Å². The summed E-state index contributed by atoms with van der Waals surface area (Å²) in [6.45, 7) is 8.58. The van der Waals surface area contributed by atoms with Crippen molar-refractivity contribution >= 4 is 28.4 Å². The standard InChI is InChI=1S/C30H34N8O/c1-3-13-37-28(39)24-16-32-29(33-22-8-10-23(11-9-22)36-17-30(18-36)14-21(31)15-30)35-27(24)38(37)25-12-7-20-6-5-19(4-2)26(20)34-25/h3,7-12,16,19,21H,1,4-6,13-15,17-18,31H2,2H3,(H,32,33,35). The minimum absolute atomic E-state index is 0.158. The molecule has 0 bridgehead atoms. The summed E-state index contributed by atoms with van der Waals surface area (Å²) in [6, 6.07) is 12.9. The van der Waals surface area contributed by atoms with Crippen molar-refractivity contribution in [2.75, 3.05) is 23.3 Å². The quantitative estimate of drug-likeness (QED) is 0.349. The Morgan fingerprint density at radius 3 is 2.67 bits per heavy atom. The maximum absolute atomic E-state index is 13.3. The van der Waals surface area contributed by atoms with Crippen LogP contribution in [0.2, 0.25) is 0 Å². The Morgan fingerprint density at radius 2 is 1.95 bits per heavy atom. The molecule has 3 N–H and O–H groups in total. The van der Waals surface area contributed by atoms with Gasteiger partial charge in [0, 0.05) is 53.7 Å². The van der Waals surface area contributed by atoms with E-state index in [4.69, 9.17) is 15.7 Å². The Hall–Kier alpha value is -3.98. The normalized spacial score (nSPS) is 19.6. The van der Waals surface area contributed by atoms with Gasteiger partial charge in [-0.1, -0.05) is 19.1 Å². The van der Waals surface area contributed by atoms with E-state index in [-0.39, 0.29) is 5.56 Å². The zero-order chi connectivity index (χ0) is 26.7. The Bertz CT molecular complexity index is 1620. The predicted molar refractivity (Wildman–Crippen MR) is 154 cm³/mol. The van der Waals surface area contributed by atoms with Crippen LogP contribution in [0.15, 0.2) is 60.0 Å². The molecular weight excluding hydrogens is 488 g/mol. The topological polar surface area (TPSA) is 107 Å².